The highest BCUT2D eigenvalue weighted by Gasteiger charge is 2.36. The Labute approximate surface area is 170 Å². The number of morpholine rings is 1. The summed E-state index contributed by atoms with van der Waals surface area (Å²) < 4.78 is 10.6. The predicted octanol–water partition coefficient (Wildman–Crippen LogP) is 2.52. The van der Waals surface area contributed by atoms with E-state index in [-0.39, 0.29) is 24.2 Å². The topological polar surface area (TPSA) is 71.1 Å². The summed E-state index contributed by atoms with van der Waals surface area (Å²) in [6.07, 6.45) is 0.208. The fourth-order valence-electron chi connectivity index (χ4n) is 3.80. The van der Waals surface area contributed by atoms with Gasteiger partial charge in [0.2, 0.25) is 11.8 Å². The third-order valence-corrected chi connectivity index (χ3v) is 5.38. The van der Waals surface area contributed by atoms with Crippen LogP contribution in [0.15, 0.2) is 48.5 Å². The lowest BCUT2D eigenvalue weighted by molar-refractivity contribution is -0.122. The zero-order chi connectivity index (χ0) is 20.2. The van der Waals surface area contributed by atoms with Gasteiger partial charge in [0.1, 0.15) is 5.75 Å². The van der Waals surface area contributed by atoms with Gasteiger partial charge in [-0.3, -0.25) is 9.59 Å². The van der Waals surface area contributed by atoms with Gasteiger partial charge in [-0.15, -0.1) is 0 Å². The minimum absolute atomic E-state index is 0.0272. The van der Waals surface area contributed by atoms with E-state index in [1.165, 1.54) is 0 Å². The molecule has 2 amide bonds. The van der Waals surface area contributed by atoms with Crippen molar-refractivity contribution in [3.63, 3.8) is 0 Å². The molecule has 152 valence electrons. The average Bonchev–Trinajstić information content (AvgIpc) is 3.16. The van der Waals surface area contributed by atoms with Gasteiger partial charge in [-0.2, -0.15) is 0 Å². The Morgan fingerprint density at radius 1 is 1.07 bits per heavy atom. The number of amides is 2. The van der Waals surface area contributed by atoms with Gasteiger partial charge >= 0.3 is 0 Å². The van der Waals surface area contributed by atoms with E-state index in [4.69, 9.17) is 9.47 Å². The molecule has 2 aromatic rings. The van der Waals surface area contributed by atoms with Gasteiger partial charge in [0.25, 0.3) is 0 Å². The Kier molecular flexibility index (Phi) is 5.67. The molecule has 4 rings (SSSR count). The Hall–Kier alpha value is -3.06. The summed E-state index contributed by atoms with van der Waals surface area (Å²) in [6.45, 7) is 3.31. The summed E-state index contributed by atoms with van der Waals surface area (Å²) in [5.41, 5.74) is 2.56. The Morgan fingerprint density at radius 2 is 1.76 bits per heavy atom. The largest absolute Gasteiger partial charge is 0.497 e. The third kappa shape index (κ3) is 4.19. The molecule has 7 nitrogen and oxygen atoms in total. The lowest BCUT2D eigenvalue weighted by Crippen LogP contribution is -2.38. The number of nitrogens with zero attached hydrogens (tertiary/aromatic N) is 2. The van der Waals surface area contributed by atoms with Crippen LogP contribution in [0.3, 0.4) is 0 Å². The van der Waals surface area contributed by atoms with Crippen LogP contribution in [0.1, 0.15) is 6.42 Å². The molecule has 0 radical (unpaired) electrons. The van der Waals surface area contributed by atoms with Crippen molar-refractivity contribution in [2.45, 2.75) is 6.42 Å². The van der Waals surface area contributed by atoms with Crippen molar-refractivity contribution in [1.82, 2.24) is 0 Å². The summed E-state index contributed by atoms with van der Waals surface area (Å²) in [5, 5.41) is 2.91. The molecule has 2 fully saturated rings. The second-order valence-corrected chi connectivity index (χ2v) is 7.21. The average molecular weight is 395 g/mol. The normalized spacial score (nSPS) is 19.3. The van der Waals surface area contributed by atoms with Crippen LogP contribution in [-0.2, 0) is 14.3 Å². The standard InChI is InChI=1S/C22H25N3O4/c1-28-18-8-6-17(7-9-18)23-22(27)16-14-21(26)25(15-16)20-5-3-2-4-19(20)24-10-12-29-13-11-24/h2-9,16H,10-15H2,1H3,(H,23,27). The number of ether oxygens (including phenoxy) is 2. The molecule has 2 aromatic carbocycles. The van der Waals surface area contributed by atoms with Crippen molar-refractivity contribution in [1.29, 1.82) is 0 Å². The zero-order valence-electron chi connectivity index (χ0n) is 16.5. The first kappa shape index (κ1) is 19.3. The number of benzene rings is 2. The number of anilines is 3. The lowest BCUT2D eigenvalue weighted by atomic mass is 10.1. The molecule has 1 atom stereocenters. The highest BCUT2D eigenvalue weighted by Crippen LogP contribution is 2.34. The molecule has 0 bridgehead atoms. The van der Waals surface area contributed by atoms with Gasteiger partial charge in [0.15, 0.2) is 0 Å². The van der Waals surface area contributed by atoms with Gasteiger partial charge in [-0.05, 0) is 36.4 Å². The molecule has 1 unspecified atom stereocenters. The maximum atomic E-state index is 12.7. The molecule has 0 spiro atoms. The van der Waals surface area contributed by atoms with Crippen molar-refractivity contribution in [2.75, 3.05) is 55.1 Å². The number of methoxy groups -OCH3 is 1. The Balaban J connectivity index is 1.47. The third-order valence-electron chi connectivity index (χ3n) is 5.38. The van der Waals surface area contributed by atoms with Gasteiger partial charge in [0.05, 0.1) is 37.6 Å². The number of carbonyl (C=O) groups is 2. The molecule has 0 aromatic heterocycles. The smallest absolute Gasteiger partial charge is 0.229 e. The second kappa shape index (κ2) is 8.53. The first-order valence-corrected chi connectivity index (χ1v) is 9.82. The van der Waals surface area contributed by atoms with Crippen LogP contribution in [0.25, 0.3) is 0 Å². The summed E-state index contributed by atoms with van der Waals surface area (Å²) in [7, 11) is 1.60. The van der Waals surface area contributed by atoms with Crippen LogP contribution in [0.4, 0.5) is 17.1 Å². The fourth-order valence-corrected chi connectivity index (χ4v) is 3.80. The van der Waals surface area contributed by atoms with E-state index in [1.54, 1.807) is 36.3 Å². The monoisotopic (exact) mass is 395 g/mol. The molecular formula is C22H25N3O4. The van der Waals surface area contributed by atoms with E-state index in [9.17, 15) is 9.59 Å². The summed E-state index contributed by atoms with van der Waals surface area (Å²) >= 11 is 0. The summed E-state index contributed by atoms with van der Waals surface area (Å²) in [5.74, 6) is 0.169. The molecule has 0 aliphatic carbocycles. The molecule has 2 aliphatic heterocycles. The van der Waals surface area contributed by atoms with E-state index >= 15 is 0 Å². The molecule has 2 heterocycles. The molecular weight excluding hydrogens is 370 g/mol. The summed E-state index contributed by atoms with van der Waals surface area (Å²) in [4.78, 5) is 29.4. The van der Waals surface area contributed by atoms with Crippen molar-refractivity contribution >= 4 is 28.9 Å². The Morgan fingerprint density at radius 3 is 2.45 bits per heavy atom. The maximum absolute atomic E-state index is 12.7. The van der Waals surface area contributed by atoms with Gasteiger partial charge < -0.3 is 24.6 Å². The number of carbonyl (C=O) groups excluding carboxylic acids is 2. The number of para-hydroxylation sites is 2. The van der Waals surface area contributed by atoms with Crippen molar-refractivity contribution in [2.24, 2.45) is 5.92 Å². The first-order chi connectivity index (χ1) is 14.2. The minimum Gasteiger partial charge on any atom is -0.497 e. The molecule has 2 aliphatic rings. The van der Waals surface area contributed by atoms with Crippen molar-refractivity contribution in [3.8, 4) is 5.75 Å². The van der Waals surface area contributed by atoms with Crippen LogP contribution in [0, 0.1) is 5.92 Å². The molecule has 0 saturated carbocycles. The number of nitrogens with one attached hydrogen (secondary N) is 1. The number of rotatable bonds is 5. The van der Waals surface area contributed by atoms with E-state index in [1.807, 2.05) is 24.3 Å². The highest BCUT2D eigenvalue weighted by molar-refractivity contribution is 6.05. The molecule has 7 heteroatoms. The number of hydrogen-bond acceptors (Lipinski definition) is 5. The molecule has 1 N–H and O–H groups in total. The first-order valence-electron chi connectivity index (χ1n) is 9.82. The highest BCUT2D eigenvalue weighted by atomic mass is 16.5. The van der Waals surface area contributed by atoms with Crippen LogP contribution in [0.5, 0.6) is 5.75 Å². The van der Waals surface area contributed by atoms with E-state index in [2.05, 4.69) is 10.2 Å². The second-order valence-electron chi connectivity index (χ2n) is 7.21. The maximum Gasteiger partial charge on any atom is 0.229 e. The van der Waals surface area contributed by atoms with Gasteiger partial charge in [-0.1, -0.05) is 12.1 Å². The van der Waals surface area contributed by atoms with E-state index in [0.29, 0.717) is 25.4 Å². The van der Waals surface area contributed by atoms with Crippen LogP contribution >= 0.6 is 0 Å². The van der Waals surface area contributed by atoms with Crippen molar-refractivity contribution < 1.29 is 19.1 Å². The lowest BCUT2D eigenvalue weighted by Gasteiger charge is -2.32. The Bertz CT molecular complexity index is 878. The molecule has 29 heavy (non-hydrogen) atoms. The van der Waals surface area contributed by atoms with E-state index in [0.717, 1.165) is 30.2 Å². The van der Waals surface area contributed by atoms with Gasteiger partial charge in [0, 0.05) is 31.7 Å². The van der Waals surface area contributed by atoms with Crippen molar-refractivity contribution in [3.05, 3.63) is 48.5 Å². The fraction of sp³-hybridized carbons (Fsp3) is 0.364. The van der Waals surface area contributed by atoms with E-state index < -0.39 is 0 Å². The molecule has 2 saturated heterocycles. The SMILES string of the molecule is COc1ccc(NC(=O)C2CC(=O)N(c3ccccc3N3CCOCC3)C2)cc1. The number of hydrogen-bond donors (Lipinski definition) is 1. The van der Waals surface area contributed by atoms with Crippen LogP contribution in [0.2, 0.25) is 0 Å². The zero-order valence-corrected chi connectivity index (χ0v) is 16.5. The minimum atomic E-state index is -0.387. The van der Waals surface area contributed by atoms with Crippen LogP contribution in [-0.4, -0.2) is 51.8 Å². The predicted molar refractivity (Wildman–Crippen MR) is 112 cm³/mol. The van der Waals surface area contributed by atoms with Gasteiger partial charge in [-0.25, -0.2) is 0 Å². The quantitative estimate of drug-likeness (QED) is 0.842. The van der Waals surface area contributed by atoms with Crippen LogP contribution < -0.4 is 19.9 Å². The summed E-state index contributed by atoms with van der Waals surface area (Å²) in [6, 6.07) is 15.0.